The number of rotatable bonds is 6. The number of hydrogen-bond donors (Lipinski definition) is 1. The number of carbonyl (C=O) groups is 2. The standard InChI is InChI=1S/C21H18F3N3O3S/c22-21(23,24)15-4-1-3-13(7-15)8-17-10-25-20(31-17)26-19(29)14-9-18(28)27(11-14)12-16-5-2-6-30-16/h1-7,10,14H,8-9,11-12H2,(H,25,26,29). The molecule has 2 aromatic heterocycles. The molecule has 1 atom stereocenters. The summed E-state index contributed by atoms with van der Waals surface area (Å²) in [5.74, 6) is -0.289. The zero-order chi connectivity index (χ0) is 22.0. The summed E-state index contributed by atoms with van der Waals surface area (Å²) in [5.41, 5.74) is -0.195. The highest BCUT2D eigenvalue weighted by molar-refractivity contribution is 7.15. The molecule has 1 N–H and O–H groups in total. The summed E-state index contributed by atoms with van der Waals surface area (Å²) in [5, 5.41) is 3.06. The fourth-order valence-electron chi connectivity index (χ4n) is 3.40. The van der Waals surface area contributed by atoms with Crippen LogP contribution in [0.25, 0.3) is 0 Å². The first-order valence-electron chi connectivity index (χ1n) is 9.50. The third-order valence-corrected chi connectivity index (χ3v) is 5.84. The van der Waals surface area contributed by atoms with E-state index in [2.05, 4.69) is 10.3 Å². The van der Waals surface area contributed by atoms with Crippen LogP contribution >= 0.6 is 11.3 Å². The van der Waals surface area contributed by atoms with Crippen molar-refractivity contribution in [2.75, 3.05) is 11.9 Å². The number of nitrogens with zero attached hydrogens (tertiary/aromatic N) is 2. The van der Waals surface area contributed by atoms with Crippen molar-refractivity contribution in [3.63, 3.8) is 0 Å². The molecule has 162 valence electrons. The Labute approximate surface area is 179 Å². The van der Waals surface area contributed by atoms with E-state index in [1.165, 1.54) is 29.9 Å². The van der Waals surface area contributed by atoms with Crippen molar-refractivity contribution in [2.24, 2.45) is 5.92 Å². The molecule has 1 aromatic carbocycles. The minimum atomic E-state index is -4.40. The lowest BCUT2D eigenvalue weighted by Crippen LogP contribution is -2.27. The predicted molar refractivity (Wildman–Crippen MR) is 107 cm³/mol. The summed E-state index contributed by atoms with van der Waals surface area (Å²) in [6.07, 6.45) is -0.958. The second-order valence-corrected chi connectivity index (χ2v) is 8.37. The highest BCUT2D eigenvalue weighted by Gasteiger charge is 2.35. The number of thiazole rings is 1. The van der Waals surface area contributed by atoms with Crippen LogP contribution in [-0.2, 0) is 28.7 Å². The quantitative estimate of drug-likeness (QED) is 0.608. The molecule has 10 heteroatoms. The van der Waals surface area contributed by atoms with E-state index in [4.69, 9.17) is 4.42 Å². The summed E-state index contributed by atoms with van der Waals surface area (Å²) in [6, 6.07) is 8.62. The van der Waals surface area contributed by atoms with Crippen LogP contribution in [0.1, 0.15) is 28.2 Å². The van der Waals surface area contributed by atoms with Crippen LogP contribution in [0.3, 0.4) is 0 Å². The van der Waals surface area contributed by atoms with Gasteiger partial charge in [-0.2, -0.15) is 13.2 Å². The van der Waals surface area contributed by atoms with Gasteiger partial charge in [0.1, 0.15) is 5.76 Å². The number of likely N-dealkylation sites (tertiary alicyclic amines) is 1. The molecule has 1 unspecified atom stereocenters. The maximum absolute atomic E-state index is 12.9. The highest BCUT2D eigenvalue weighted by Crippen LogP contribution is 2.31. The van der Waals surface area contributed by atoms with Crippen molar-refractivity contribution in [1.82, 2.24) is 9.88 Å². The molecule has 2 amide bonds. The van der Waals surface area contributed by atoms with Crippen molar-refractivity contribution in [3.05, 3.63) is 70.6 Å². The zero-order valence-corrected chi connectivity index (χ0v) is 17.0. The maximum atomic E-state index is 12.9. The Morgan fingerprint density at radius 2 is 2.13 bits per heavy atom. The largest absolute Gasteiger partial charge is 0.467 e. The van der Waals surface area contributed by atoms with E-state index in [0.29, 0.717) is 23.0 Å². The third kappa shape index (κ3) is 5.13. The van der Waals surface area contributed by atoms with Crippen molar-refractivity contribution in [3.8, 4) is 0 Å². The molecule has 3 aromatic rings. The number of hydrogen-bond acceptors (Lipinski definition) is 5. The van der Waals surface area contributed by atoms with Crippen LogP contribution in [0.5, 0.6) is 0 Å². The molecule has 31 heavy (non-hydrogen) atoms. The number of furan rings is 1. The lowest BCUT2D eigenvalue weighted by molar-refractivity contribution is -0.137. The van der Waals surface area contributed by atoms with Gasteiger partial charge in [-0.25, -0.2) is 4.98 Å². The number of amides is 2. The zero-order valence-electron chi connectivity index (χ0n) is 16.2. The molecule has 1 saturated heterocycles. The van der Waals surface area contributed by atoms with E-state index in [9.17, 15) is 22.8 Å². The summed E-state index contributed by atoms with van der Waals surface area (Å²) >= 11 is 1.20. The molecule has 0 saturated carbocycles. The Morgan fingerprint density at radius 1 is 1.29 bits per heavy atom. The molecule has 0 aliphatic carbocycles. The minimum absolute atomic E-state index is 0.106. The highest BCUT2D eigenvalue weighted by atomic mass is 32.1. The Balaban J connectivity index is 1.35. The van der Waals surface area contributed by atoms with Crippen molar-refractivity contribution in [2.45, 2.75) is 25.6 Å². The number of aromatic nitrogens is 1. The first-order chi connectivity index (χ1) is 14.8. The average molecular weight is 449 g/mol. The Morgan fingerprint density at radius 3 is 2.87 bits per heavy atom. The van der Waals surface area contributed by atoms with Gasteiger partial charge in [-0.05, 0) is 23.8 Å². The Bertz CT molecular complexity index is 1080. The van der Waals surface area contributed by atoms with Crippen LogP contribution in [-0.4, -0.2) is 28.2 Å². The first kappa shape index (κ1) is 21.1. The maximum Gasteiger partial charge on any atom is 0.416 e. The normalized spacial score (nSPS) is 16.7. The number of anilines is 1. The third-order valence-electron chi connectivity index (χ3n) is 4.93. The van der Waals surface area contributed by atoms with Crippen molar-refractivity contribution < 1.29 is 27.2 Å². The Kier molecular flexibility index (Phi) is 5.81. The molecule has 3 heterocycles. The molecule has 0 spiro atoms. The molecule has 1 fully saturated rings. The van der Waals surface area contributed by atoms with Crippen LogP contribution in [0.15, 0.2) is 53.3 Å². The van der Waals surface area contributed by atoms with Crippen LogP contribution in [0.4, 0.5) is 18.3 Å². The Hall–Kier alpha value is -3.14. The first-order valence-corrected chi connectivity index (χ1v) is 10.3. The van der Waals surface area contributed by atoms with Crippen molar-refractivity contribution in [1.29, 1.82) is 0 Å². The SMILES string of the molecule is O=C(Nc1ncc(Cc2cccc(C(F)(F)F)c2)s1)C1CC(=O)N(Cc2ccco2)C1. The molecular formula is C21H18F3N3O3S. The number of alkyl halides is 3. The lowest BCUT2D eigenvalue weighted by Gasteiger charge is -2.14. The fourth-order valence-corrected chi connectivity index (χ4v) is 4.25. The van der Waals surface area contributed by atoms with E-state index in [1.807, 2.05) is 0 Å². The molecule has 0 bridgehead atoms. The molecule has 0 radical (unpaired) electrons. The van der Waals surface area contributed by atoms with Gasteiger partial charge in [0.25, 0.3) is 0 Å². The van der Waals surface area contributed by atoms with Gasteiger partial charge < -0.3 is 14.6 Å². The molecule has 6 nitrogen and oxygen atoms in total. The van der Waals surface area contributed by atoms with Gasteiger partial charge in [0.2, 0.25) is 11.8 Å². The van der Waals surface area contributed by atoms with Crippen LogP contribution < -0.4 is 5.32 Å². The van der Waals surface area contributed by atoms with Gasteiger partial charge in [-0.3, -0.25) is 9.59 Å². The van der Waals surface area contributed by atoms with Gasteiger partial charge in [-0.15, -0.1) is 11.3 Å². The van der Waals surface area contributed by atoms with Gasteiger partial charge in [-0.1, -0.05) is 18.2 Å². The number of benzene rings is 1. The minimum Gasteiger partial charge on any atom is -0.467 e. The molecule has 1 aliphatic heterocycles. The number of nitrogens with one attached hydrogen (secondary N) is 1. The van der Waals surface area contributed by atoms with Crippen LogP contribution in [0.2, 0.25) is 0 Å². The van der Waals surface area contributed by atoms with Crippen LogP contribution in [0, 0.1) is 5.92 Å². The van der Waals surface area contributed by atoms with Gasteiger partial charge in [0.15, 0.2) is 5.13 Å². The average Bonchev–Trinajstić information content (AvgIpc) is 3.45. The second-order valence-electron chi connectivity index (χ2n) is 7.25. The monoisotopic (exact) mass is 449 g/mol. The van der Waals surface area contributed by atoms with Gasteiger partial charge in [0.05, 0.1) is 24.3 Å². The number of halogens is 3. The van der Waals surface area contributed by atoms with Gasteiger partial charge >= 0.3 is 6.18 Å². The molecular weight excluding hydrogens is 431 g/mol. The van der Waals surface area contributed by atoms with E-state index in [0.717, 1.165) is 17.0 Å². The van der Waals surface area contributed by atoms with E-state index >= 15 is 0 Å². The van der Waals surface area contributed by atoms with Gasteiger partial charge in [0, 0.05) is 30.5 Å². The lowest BCUT2D eigenvalue weighted by atomic mass is 10.1. The number of carbonyl (C=O) groups excluding carboxylic acids is 2. The van der Waals surface area contributed by atoms with Crippen molar-refractivity contribution >= 4 is 28.3 Å². The summed E-state index contributed by atoms with van der Waals surface area (Å²) < 4.78 is 43.9. The summed E-state index contributed by atoms with van der Waals surface area (Å²) in [7, 11) is 0. The molecule has 4 rings (SSSR count). The smallest absolute Gasteiger partial charge is 0.416 e. The fraction of sp³-hybridized carbons (Fsp3) is 0.286. The van der Waals surface area contributed by atoms with E-state index < -0.39 is 17.7 Å². The topological polar surface area (TPSA) is 75.4 Å². The van der Waals surface area contributed by atoms with E-state index in [1.54, 1.807) is 23.1 Å². The van der Waals surface area contributed by atoms with E-state index in [-0.39, 0.29) is 31.2 Å². The summed E-state index contributed by atoms with van der Waals surface area (Å²) in [6.45, 7) is 0.599. The molecule has 1 aliphatic rings. The summed E-state index contributed by atoms with van der Waals surface area (Å²) in [4.78, 5) is 31.2. The predicted octanol–water partition coefficient (Wildman–Crippen LogP) is 4.33. The second kappa shape index (κ2) is 8.54.